The number of hydrogen-bond acceptors (Lipinski definition) is 6. The number of benzene rings is 1. The van der Waals surface area contributed by atoms with E-state index in [1.165, 1.54) is 6.20 Å². The summed E-state index contributed by atoms with van der Waals surface area (Å²) in [4.78, 5) is 8.57. The summed E-state index contributed by atoms with van der Waals surface area (Å²) in [6, 6.07) is 7.36. The summed E-state index contributed by atoms with van der Waals surface area (Å²) in [5.74, 6) is -0.750. The van der Waals surface area contributed by atoms with E-state index in [4.69, 9.17) is 9.47 Å². The topological polar surface area (TPSA) is 84.7 Å². The molecule has 2 N–H and O–H groups in total. The fourth-order valence-electron chi connectivity index (χ4n) is 2.38. The lowest BCUT2D eigenvalue weighted by Crippen LogP contribution is -2.35. The van der Waals surface area contributed by atoms with E-state index in [2.05, 4.69) is 9.97 Å². The Bertz CT molecular complexity index is 646. The molecule has 1 fully saturated rings. The van der Waals surface area contributed by atoms with Crippen molar-refractivity contribution in [2.75, 3.05) is 6.61 Å². The van der Waals surface area contributed by atoms with Crippen LogP contribution in [0, 0.1) is 0 Å². The smallest absolute Gasteiger partial charge is 0.163 e. The molecule has 2 heterocycles. The Morgan fingerprint density at radius 2 is 1.95 bits per heavy atom. The third-order valence-corrected chi connectivity index (χ3v) is 3.51. The maximum atomic E-state index is 10.3. The molecular formula is C15H18N2O4. The lowest BCUT2D eigenvalue weighted by molar-refractivity contribution is -0.161. The number of ether oxygens (including phenoxy) is 2. The van der Waals surface area contributed by atoms with Crippen LogP contribution in [-0.2, 0) is 9.47 Å². The van der Waals surface area contributed by atoms with Gasteiger partial charge in [-0.1, -0.05) is 12.1 Å². The fourth-order valence-corrected chi connectivity index (χ4v) is 2.38. The summed E-state index contributed by atoms with van der Waals surface area (Å²) in [6.07, 6.45) is -1.42. The second-order valence-corrected chi connectivity index (χ2v) is 5.59. The molecule has 1 unspecified atom stereocenters. The molecule has 0 saturated carbocycles. The molecule has 0 radical (unpaired) electrons. The molecule has 112 valence electrons. The van der Waals surface area contributed by atoms with Crippen molar-refractivity contribution in [2.24, 2.45) is 0 Å². The van der Waals surface area contributed by atoms with Crippen LogP contribution in [-0.4, -0.2) is 44.8 Å². The molecule has 2 aromatic rings. The predicted molar refractivity (Wildman–Crippen MR) is 75.4 cm³/mol. The second kappa shape index (κ2) is 5.31. The minimum absolute atomic E-state index is 0.228. The summed E-state index contributed by atoms with van der Waals surface area (Å²) in [7, 11) is 0. The fraction of sp³-hybridized carbons (Fsp3) is 0.467. The van der Waals surface area contributed by atoms with Crippen LogP contribution in [0.2, 0.25) is 0 Å². The number of aliphatic hydroxyl groups excluding tert-OH is 2. The molecule has 6 heteroatoms. The predicted octanol–water partition coefficient (Wildman–Crippen LogP) is 1.18. The zero-order chi connectivity index (χ0) is 15.0. The second-order valence-electron chi connectivity index (χ2n) is 5.59. The molecule has 0 bridgehead atoms. The third kappa shape index (κ3) is 2.89. The molecule has 0 spiro atoms. The first-order valence-corrected chi connectivity index (χ1v) is 6.86. The molecule has 6 nitrogen and oxygen atoms in total. The normalized spacial score (nSPS) is 24.1. The largest absolute Gasteiger partial charge is 0.387 e. The number of rotatable bonds is 3. The van der Waals surface area contributed by atoms with E-state index in [1.807, 2.05) is 24.3 Å². The summed E-state index contributed by atoms with van der Waals surface area (Å²) in [5.41, 5.74) is 1.73. The van der Waals surface area contributed by atoms with Crippen molar-refractivity contribution in [2.45, 2.75) is 37.9 Å². The van der Waals surface area contributed by atoms with Crippen molar-refractivity contribution in [3.63, 3.8) is 0 Å². The Morgan fingerprint density at radius 3 is 2.62 bits per heavy atom. The van der Waals surface area contributed by atoms with Crippen molar-refractivity contribution < 1.29 is 19.7 Å². The van der Waals surface area contributed by atoms with Gasteiger partial charge in [0.2, 0.25) is 0 Å². The quantitative estimate of drug-likeness (QED) is 0.883. The van der Waals surface area contributed by atoms with Gasteiger partial charge in [-0.25, -0.2) is 4.98 Å². The summed E-state index contributed by atoms with van der Waals surface area (Å²) in [5, 5.41) is 20.5. The number of nitrogens with zero attached hydrogens (tertiary/aromatic N) is 2. The van der Waals surface area contributed by atoms with Gasteiger partial charge < -0.3 is 19.7 Å². The SMILES string of the molecule is CC1(C)OCC([C@H](O)[C@H](O)c2cnc3ccccc3n2)O1. The van der Waals surface area contributed by atoms with Crippen molar-refractivity contribution in [1.82, 2.24) is 9.97 Å². The molecule has 1 aromatic carbocycles. The van der Waals surface area contributed by atoms with Crippen molar-refractivity contribution >= 4 is 11.0 Å². The average molecular weight is 290 g/mol. The number of aromatic nitrogens is 2. The van der Waals surface area contributed by atoms with Crippen LogP contribution in [0.15, 0.2) is 30.5 Å². The van der Waals surface area contributed by atoms with Gasteiger partial charge >= 0.3 is 0 Å². The minimum Gasteiger partial charge on any atom is -0.387 e. The van der Waals surface area contributed by atoms with Gasteiger partial charge in [-0.2, -0.15) is 0 Å². The maximum absolute atomic E-state index is 10.3. The van der Waals surface area contributed by atoms with Gasteiger partial charge in [-0.3, -0.25) is 4.98 Å². The molecule has 21 heavy (non-hydrogen) atoms. The highest BCUT2D eigenvalue weighted by Crippen LogP contribution is 2.29. The molecule has 3 atom stereocenters. The standard InChI is InChI=1S/C15H18N2O4/c1-15(2)20-8-12(21-15)14(19)13(18)11-7-16-9-5-3-4-6-10(9)17-11/h3-7,12-14,18-19H,8H2,1-2H3/t12?,13-,14+/m1/s1. The van der Waals surface area contributed by atoms with Crippen molar-refractivity contribution in [3.05, 3.63) is 36.2 Å². The van der Waals surface area contributed by atoms with Gasteiger partial charge in [0.25, 0.3) is 0 Å². The van der Waals surface area contributed by atoms with E-state index in [1.54, 1.807) is 13.8 Å². The Labute approximate surface area is 122 Å². The van der Waals surface area contributed by atoms with Gasteiger partial charge in [-0.15, -0.1) is 0 Å². The van der Waals surface area contributed by atoms with Gasteiger partial charge in [0.1, 0.15) is 18.3 Å². The number of aliphatic hydroxyl groups is 2. The molecule has 1 aromatic heterocycles. The van der Waals surface area contributed by atoms with Crippen LogP contribution in [0.1, 0.15) is 25.6 Å². The molecule has 1 aliphatic rings. The van der Waals surface area contributed by atoms with Gasteiger partial charge in [0.15, 0.2) is 5.79 Å². The monoisotopic (exact) mass is 290 g/mol. The molecule has 1 saturated heterocycles. The van der Waals surface area contributed by atoms with Crippen LogP contribution in [0.3, 0.4) is 0 Å². The molecule has 0 amide bonds. The number of hydrogen-bond donors (Lipinski definition) is 2. The molecular weight excluding hydrogens is 272 g/mol. The lowest BCUT2D eigenvalue weighted by Gasteiger charge is -2.23. The van der Waals surface area contributed by atoms with Gasteiger partial charge in [0, 0.05) is 0 Å². The summed E-state index contributed by atoms with van der Waals surface area (Å²) in [6.45, 7) is 3.76. The van der Waals surface area contributed by atoms with E-state index in [9.17, 15) is 10.2 Å². The lowest BCUT2D eigenvalue weighted by atomic mass is 10.1. The highest BCUT2D eigenvalue weighted by atomic mass is 16.7. The van der Waals surface area contributed by atoms with Crippen LogP contribution in [0.5, 0.6) is 0 Å². The first-order chi connectivity index (χ1) is 9.96. The zero-order valence-corrected chi connectivity index (χ0v) is 11.9. The number of fused-ring (bicyclic) bond motifs is 1. The third-order valence-electron chi connectivity index (χ3n) is 3.51. The van der Waals surface area contributed by atoms with Crippen LogP contribution in [0.25, 0.3) is 11.0 Å². The van der Waals surface area contributed by atoms with E-state index in [-0.39, 0.29) is 6.61 Å². The average Bonchev–Trinajstić information content (AvgIpc) is 2.85. The number of para-hydroxylation sites is 2. The van der Waals surface area contributed by atoms with Crippen LogP contribution in [0.4, 0.5) is 0 Å². The van der Waals surface area contributed by atoms with Crippen LogP contribution < -0.4 is 0 Å². The van der Waals surface area contributed by atoms with E-state index >= 15 is 0 Å². The zero-order valence-electron chi connectivity index (χ0n) is 11.9. The Morgan fingerprint density at radius 1 is 1.24 bits per heavy atom. The summed E-state index contributed by atoms with van der Waals surface area (Å²) >= 11 is 0. The van der Waals surface area contributed by atoms with E-state index in [0.717, 1.165) is 5.52 Å². The Kier molecular flexibility index (Phi) is 3.62. The van der Waals surface area contributed by atoms with Gasteiger partial charge in [-0.05, 0) is 26.0 Å². The first kappa shape index (κ1) is 14.3. The first-order valence-electron chi connectivity index (χ1n) is 6.86. The Hall–Kier alpha value is -1.60. The molecule has 0 aliphatic carbocycles. The highest BCUT2D eigenvalue weighted by Gasteiger charge is 2.40. The molecule has 1 aliphatic heterocycles. The summed E-state index contributed by atoms with van der Waals surface area (Å²) < 4.78 is 11.0. The van der Waals surface area contributed by atoms with E-state index in [0.29, 0.717) is 11.2 Å². The molecule has 3 rings (SSSR count). The Balaban J connectivity index is 1.81. The highest BCUT2D eigenvalue weighted by molar-refractivity contribution is 5.73. The maximum Gasteiger partial charge on any atom is 0.163 e. The van der Waals surface area contributed by atoms with Crippen LogP contribution >= 0.6 is 0 Å². The van der Waals surface area contributed by atoms with E-state index < -0.39 is 24.1 Å². The van der Waals surface area contributed by atoms with Gasteiger partial charge in [0.05, 0.1) is 29.5 Å². The van der Waals surface area contributed by atoms with Crippen molar-refractivity contribution in [1.29, 1.82) is 0 Å². The minimum atomic E-state index is -1.18. The van der Waals surface area contributed by atoms with Crippen molar-refractivity contribution in [3.8, 4) is 0 Å².